The Kier molecular flexibility index (Phi) is 4.61. The summed E-state index contributed by atoms with van der Waals surface area (Å²) >= 11 is 1.72. The minimum atomic E-state index is -0.0448. The monoisotopic (exact) mass is 301 g/mol. The lowest BCUT2D eigenvalue weighted by molar-refractivity contribution is 0.174. The molecule has 0 spiro atoms. The largest absolute Gasteiger partial charge is 0.483 e. The average molecular weight is 301 g/mol. The number of hydrogen-bond donors (Lipinski definition) is 1. The molecule has 1 aliphatic rings. The van der Waals surface area contributed by atoms with Crippen LogP contribution >= 0.6 is 11.3 Å². The van der Waals surface area contributed by atoms with E-state index in [0.29, 0.717) is 0 Å². The molecule has 3 heteroatoms. The lowest BCUT2D eigenvalue weighted by Crippen LogP contribution is -2.30. The van der Waals surface area contributed by atoms with Crippen molar-refractivity contribution in [1.29, 1.82) is 0 Å². The van der Waals surface area contributed by atoms with Gasteiger partial charge in [-0.3, -0.25) is 0 Å². The molecule has 0 fully saturated rings. The zero-order valence-electron chi connectivity index (χ0n) is 12.5. The van der Waals surface area contributed by atoms with Gasteiger partial charge in [-0.15, -0.1) is 11.3 Å². The van der Waals surface area contributed by atoms with Crippen molar-refractivity contribution in [2.45, 2.75) is 51.2 Å². The summed E-state index contributed by atoms with van der Waals surface area (Å²) in [6, 6.07) is 10.8. The molecule has 21 heavy (non-hydrogen) atoms. The fraction of sp³-hybridized carbons (Fsp3) is 0.444. The van der Waals surface area contributed by atoms with Crippen molar-refractivity contribution in [3.8, 4) is 5.75 Å². The van der Waals surface area contributed by atoms with E-state index in [1.54, 1.807) is 11.3 Å². The summed E-state index contributed by atoms with van der Waals surface area (Å²) in [6.07, 6.45) is 5.85. The minimum Gasteiger partial charge on any atom is -0.483 e. The zero-order chi connectivity index (χ0) is 14.7. The summed E-state index contributed by atoms with van der Waals surface area (Å²) in [5.74, 6) is 0.956. The molecule has 3 rings (SSSR count). The van der Waals surface area contributed by atoms with Gasteiger partial charge in [0.1, 0.15) is 11.9 Å². The van der Waals surface area contributed by atoms with Crippen molar-refractivity contribution < 1.29 is 4.74 Å². The number of rotatable bonds is 5. The van der Waals surface area contributed by atoms with E-state index in [9.17, 15) is 0 Å². The molecule has 2 aromatic rings. The second kappa shape index (κ2) is 6.63. The topological polar surface area (TPSA) is 35.2 Å². The Bertz CT molecular complexity index is 579. The maximum atomic E-state index is 6.28. The molecule has 112 valence electrons. The molecule has 0 bridgehead atoms. The highest BCUT2D eigenvalue weighted by Crippen LogP contribution is 2.31. The predicted molar refractivity (Wildman–Crippen MR) is 89.0 cm³/mol. The Labute approximate surface area is 130 Å². The third kappa shape index (κ3) is 3.30. The van der Waals surface area contributed by atoms with Crippen molar-refractivity contribution in [2.24, 2.45) is 5.73 Å². The maximum Gasteiger partial charge on any atom is 0.148 e. The number of thiophene rings is 1. The SMILES string of the molecule is CCC(N)C(Oc1ccc2c(c1)CCCC2)c1cccs1. The van der Waals surface area contributed by atoms with Gasteiger partial charge in [-0.05, 0) is 66.8 Å². The summed E-state index contributed by atoms with van der Waals surface area (Å²) < 4.78 is 6.26. The number of fused-ring (bicyclic) bond motifs is 1. The van der Waals surface area contributed by atoms with Crippen LogP contribution in [0.1, 0.15) is 48.3 Å². The van der Waals surface area contributed by atoms with Gasteiger partial charge in [0.15, 0.2) is 0 Å². The van der Waals surface area contributed by atoms with Crippen molar-refractivity contribution in [3.63, 3.8) is 0 Å². The third-order valence-electron chi connectivity index (χ3n) is 4.27. The first kappa shape index (κ1) is 14.6. The second-order valence-corrected chi connectivity index (χ2v) is 6.74. The Hall–Kier alpha value is -1.32. The summed E-state index contributed by atoms with van der Waals surface area (Å²) in [4.78, 5) is 1.21. The maximum absolute atomic E-state index is 6.28. The van der Waals surface area contributed by atoms with Crippen LogP contribution in [0, 0.1) is 0 Å². The lowest BCUT2D eigenvalue weighted by atomic mass is 9.92. The van der Waals surface area contributed by atoms with Gasteiger partial charge in [0.2, 0.25) is 0 Å². The molecule has 0 radical (unpaired) electrons. The highest BCUT2D eigenvalue weighted by Gasteiger charge is 2.22. The first-order valence-electron chi connectivity index (χ1n) is 7.85. The van der Waals surface area contributed by atoms with Gasteiger partial charge in [0.05, 0.1) is 0 Å². The van der Waals surface area contributed by atoms with Crippen molar-refractivity contribution in [3.05, 3.63) is 51.7 Å². The molecule has 1 aromatic carbocycles. The second-order valence-electron chi connectivity index (χ2n) is 5.76. The van der Waals surface area contributed by atoms with E-state index >= 15 is 0 Å². The summed E-state index contributed by atoms with van der Waals surface area (Å²) in [7, 11) is 0. The van der Waals surface area contributed by atoms with Gasteiger partial charge in [-0.2, -0.15) is 0 Å². The molecule has 0 amide bonds. The van der Waals surface area contributed by atoms with E-state index in [0.717, 1.165) is 12.2 Å². The molecule has 0 saturated carbocycles. The highest BCUT2D eigenvalue weighted by molar-refractivity contribution is 7.10. The number of benzene rings is 1. The average Bonchev–Trinajstić information content (AvgIpc) is 3.06. The van der Waals surface area contributed by atoms with E-state index in [1.807, 2.05) is 0 Å². The summed E-state index contributed by atoms with van der Waals surface area (Å²) in [5, 5.41) is 2.08. The van der Waals surface area contributed by atoms with E-state index in [1.165, 1.54) is 41.7 Å². The van der Waals surface area contributed by atoms with Crippen LogP contribution in [0.3, 0.4) is 0 Å². The van der Waals surface area contributed by atoms with Crippen LogP contribution in [0.15, 0.2) is 35.7 Å². The van der Waals surface area contributed by atoms with Gasteiger partial charge in [-0.25, -0.2) is 0 Å². The molecule has 1 aromatic heterocycles. The van der Waals surface area contributed by atoms with Crippen LogP contribution in [-0.4, -0.2) is 6.04 Å². The molecule has 2 nitrogen and oxygen atoms in total. The zero-order valence-corrected chi connectivity index (χ0v) is 13.4. The van der Waals surface area contributed by atoms with Gasteiger partial charge in [0.25, 0.3) is 0 Å². The van der Waals surface area contributed by atoms with E-state index in [2.05, 4.69) is 42.6 Å². The van der Waals surface area contributed by atoms with E-state index in [-0.39, 0.29) is 12.1 Å². The van der Waals surface area contributed by atoms with Crippen LogP contribution in [-0.2, 0) is 12.8 Å². The van der Waals surface area contributed by atoms with Crippen molar-refractivity contribution in [1.82, 2.24) is 0 Å². The molecule has 0 saturated heterocycles. The Morgan fingerprint density at radius 3 is 2.71 bits per heavy atom. The Balaban J connectivity index is 1.82. The molecular weight excluding hydrogens is 278 g/mol. The van der Waals surface area contributed by atoms with Gasteiger partial charge in [-0.1, -0.05) is 19.1 Å². The number of nitrogens with two attached hydrogens (primary N) is 1. The molecular formula is C18H23NOS. The lowest BCUT2D eigenvalue weighted by Gasteiger charge is -2.24. The minimum absolute atomic E-state index is 0.0275. The van der Waals surface area contributed by atoms with Crippen LogP contribution in [0.4, 0.5) is 0 Å². The number of hydrogen-bond acceptors (Lipinski definition) is 3. The predicted octanol–water partition coefficient (Wildman–Crippen LogP) is 4.48. The molecule has 2 atom stereocenters. The van der Waals surface area contributed by atoms with Crippen molar-refractivity contribution in [2.75, 3.05) is 0 Å². The van der Waals surface area contributed by atoms with Gasteiger partial charge < -0.3 is 10.5 Å². The fourth-order valence-electron chi connectivity index (χ4n) is 2.95. The standard InChI is InChI=1S/C18H23NOS/c1-2-16(19)18(17-8-5-11-21-17)20-15-10-9-13-6-3-4-7-14(13)12-15/h5,8-12,16,18H,2-4,6-7,19H2,1H3. The van der Waals surface area contributed by atoms with Gasteiger partial charge in [0, 0.05) is 10.9 Å². The highest BCUT2D eigenvalue weighted by atomic mass is 32.1. The first-order chi connectivity index (χ1) is 10.3. The fourth-order valence-corrected chi connectivity index (χ4v) is 3.78. The normalized spacial score (nSPS) is 17.0. The quantitative estimate of drug-likeness (QED) is 0.883. The Morgan fingerprint density at radius 1 is 1.19 bits per heavy atom. The van der Waals surface area contributed by atoms with Crippen LogP contribution in [0.5, 0.6) is 5.75 Å². The molecule has 2 N–H and O–H groups in total. The van der Waals surface area contributed by atoms with Crippen LogP contribution in [0.25, 0.3) is 0 Å². The van der Waals surface area contributed by atoms with Crippen LogP contribution in [0.2, 0.25) is 0 Å². The van der Waals surface area contributed by atoms with Crippen LogP contribution < -0.4 is 10.5 Å². The number of aryl methyl sites for hydroxylation is 2. The molecule has 2 unspecified atom stereocenters. The first-order valence-corrected chi connectivity index (χ1v) is 8.73. The molecule has 1 heterocycles. The molecule has 1 aliphatic carbocycles. The Morgan fingerprint density at radius 2 is 2.00 bits per heavy atom. The molecule has 0 aliphatic heterocycles. The van der Waals surface area contributed by atoms with E-state index < -0.39 is 0 Å². The third-order valence-corrected chi connectivity index (χ3v) is 5.20. The number of ether oxygens (including phenoxy) is 1. The van der Waals surface area contributed by atoms with E-state index in [4.69, 9.17) is 10.5 Å². The van der Waals surface area contributed by atoms with Gasteiger partial charge >= 0.3 is 0 Å². The van der Waals surface area contributed by atoms with Crippen molar-refractivity contribution >= 4 is 11.3 Å². The smallest absolute Gasteiger partial charge is 0.148 e. The summed E-state index contributed by atoms with van der Waals surface area (Å²) in [5.41, 5.74) is 9.22. The summed E-state index contributed by atoms with van der Waals surface area (Å²) in [6.45, 7) is 2.11.